The van der Waals surface area contributed by atoms with Gasteiger partial charge in [0.15, 0.2) is 0 Å². The number of hydrogen-bond acceptors (Lipinski definition) is 3. The van der Waals surface area contributed by atoms with Crippen LogP contribution in [0, 0.1) is 0 Å². The summed E-state index contributed by atoms with van der Waals surface area (Å²) in [6, 6.07) is 5.27. The summed E-state index contributed by atoms with van der Waals surface area (Å²) in [5, 5.41) is 0.969. The molecule has 0 aliphatic heterocycles. The molecule has 0 atom stereocenters. The van der Waals surface area contributed by atoms with Gasteiger partial charge >= 0.3 is 0 Å². The molecule has 0 amide bonds. The summed E-state index contributed by atoms with van der Waals surface area (Å²) >= 11 is 0. The zero-order chi connectivity index (χ0) is 15.5. The van der Waals surface area contributed by atoms with E-state index in [0.29, 0.717) is 24.5 Å². The van der Waals surface area contributed by atoms with Crippen molar-refractivity contribution < 1.29 is 8.42 Å². The Morgan fingerprint density at radius 3 is 2.57 bits per heavy atom. The Kier molecular flexibility index (Phi) is 5.03. The fourth-order valence-corrected chi connectivity index (χ4v) is 4.01. The molecule has 1 aromatic carbocycles. The fraction of sp³-hybridized carbons (Fsp3) is 0.467. The molecule has 0 saturated carbocycles. The molecule has 1 aromatic heterocycles. The van der Waals surface area contributed by atoms with Gasteiger partial charge in [-0.05, 0) is 43.1 Å². The largest absolute Gasteiger partial charge is 0.361 e. The molecular weight excluding hydrogens is 286 g/mol. The first-order valence-corrected chi connectivity index (χ1v) is 8.78. The number of hydrogen-bond donors (Lipinski definition) is 2. The Morgan fingerprint density at radius 1 is 1.24 bits per heavy atom. The first-order chi connectivity index (χ1) is 10.0. The number of H-pyrrole nitrogens is 1. The minimum atomic E-state index is -3.41. The predicted molar refractivity (Wildman–Crippen MR) is 85.8 cm³/mol. The third kappa shape index (κ3) is 3.12. The molecule has 6 heteroatoms. The van der Waals surface area contributed by atoms with Crippen molar-refractivity contribution in [3.8, 4) is 0 Å². The maximum absolute atomic E-state index is 12.6. The second-order valence-corrected chi connectivity index (χ2v) is 6.94. The van der Waals surface area contributed by atoms with Crippen LogP contribution in [0.5, 0.6) is 0 Å². The second kappa shape index (κ2) is 6.60. The lowest BCUT2D eigenvalue weighted by atomic mass is 10.1. The van der Waals surface area contributed by atoms with E-state index < -0.39 is 10.0 Å². The highest BCUT2D eigenvalue weighted by Gasteiger charge is 2.22. The molecule has 0 spiro atoms. The van der Waals surface area contributed by atoms with Gasteiger partial charge in [-0.1, -0.05) is 13.8 Å². The first-order valence-electron chi connectivity index (χ1n) is 7.34. The average molecular weight is 309 g/mol. The molecule has 0 saturated heterocycles. The molecule has 0 radical (unpaired) electrons. The summed E-state index contributed by atoms with van der Waals surface area (Å²) in [7, 11) is -3.41. The van der Waals surface area contributed by atoms with Crippen LogP contribution in [-0.2, 0) is 16.4 Å². The number of aromatic nitrogens is 1. The zero-order valence-corrected chi connectivity index (χ0v) is 13.4. The lowest BCUT2D eigenvalue weighted by Crippen LogP contribution is -2.30. The average Bonchev–Trinajstić information content (AvgIpc) is 2.88. The Morgan fingerprint density at radius 2 is 1.95 bits per heavy atom. The number of fused-ring (bicyclic) bond motifs is 1. The lowest BCUT2D eigenvalue weighted by Gasteiger charge is -2.18. The van der Waals surface area contributed by atoms with E-state index in [9.17, 15) is 8.42 Å². The smallest absolute Gasteiger partial charge is 0.243 e. The van der Waals surface area contributed by atoms with Crippen LogP contribution in [0.3, 0.4) is 0 Å². The Bertz CT molecular complexity index is 703. The van der Waals surface area contributed by atoms with Gasteiger partial charge < -0.3 is 10.7 Å². The van der Waals surface area contributed by atoms with Gasteiger partial charge in [0.1, 0.15) is 0 Å². The van der Waals surface area contributed by atoms with Crippen molar-refractivity contribution in [1.29, 1.82) is 0 Å². The van der Waals surface area contributed by atoms with Gasteiger partial charge in [-0.2, -0.15) is 4.31 Å². The summed E-state index contributed by atoms with van der Waals surface area (Å²) in [6.45, 7) is 5.28. The molecule has 0 unspecified atom stereocenters. The van der Waals surface area contributed by atoms with Gasteiger partial charge in [0.2, 0.25) is 10.0 Å². The van der Waals surface area contributed by atoms with E-state index in [4.69, 9.17) is 5.73 Å². The number of benzene rings is 1. The summed E-state index contributed by atoms with van der Waals surface area (Å²) in [5.41, 5.74) is 7.63. The van der Waals surface area contributed by atoms with Crippen LogP contribution in [0.1, 0.15) is 25.8 Å². The van der Waals surface area contributed by atoms with Gasteiger partial charge in [0, 0.05) is 30.2 Å². The third-order valence-corrected chi connectivity index (χ3v) is 5.78. The number of aromatic amines is 1. The van der Waals surface area contributed by atoms with E-state index in [1.807, 2.05) is 26.1 Å². The van der Waals surface area contributed by atoms with Crippen molar-refractivity contribution in [3.05, 3.63) is 30.0 Å². The molecule has 2 aromatic rings. The summed E-state index contributed by atoms with van der Waals surface area (Å²) in [5.74, 6) is 0. The lowest BCUT2D eigenvalue weighted by molar-refractivity contribution is 0.445. The van der Waals surface area contributed by atoms with Crippen LogP contribution in [0.2, 0.25) is 0 Å². The normalized spacial score (nSPS) is 12.4. The summed E-state index contributed by atoms with van der Waals surface area (Å²) < 4.78 is 26.6. The highest BCUT2D eigenvalue weighted by molar-refractivity contribution is 7.89. The fourth-order valence-electron chi connectivity index (χ4n) is 2.53. The van der Waals surface area contributed by atoms with Gasteiger partial charge in [0.25, 0.3) is 0 Å². The number of rotatable bonds is 7. The van der Waals surface area contributed by atoms with E-state index in [1.54, 1.807) is 12.1 Å². The molecule has 2 rings (SSSR count). The Labute approximate surface area is 126 Å². The van der Waals surface area contributed by atoms with Crippen molar-refractivity contribution >= 4 is 20.9 Å². The van der Waals surface area contributed by atoms with E-state index in [1.165, 1.54) is 4.31 Å². The maximum Gasteiger partial charge on any atom is 0.243 e. The van der Waals surface area contributed by atoms with Gasteiger partial charge in [0.05, 0.1) is 4.90 Å². The quantitative estimate of drug-likeness (QED) is 0.822. The highest BCUT2D eigenvalue weighted by atomic mass is 32.2. The summed E-state index contributed by atoms with van der Waals surface area (Å²) in [4.78, 5) is 3.54. The van der Waals surface area contributed by atoms with E-state index in [2.05, 4.69) is 4.98 Å². The monoisotopic (exact) mass is 309 g/mol. The molecule has 0 aliphatic carbocycles. The van der Waals surface area contributed by atoms with Crippen LogP contribution >= 0.6 is 0 Å². The van der Waals surface area contributed by atoms with Crippen LogP contribution in [0.15, 0.2) is 29.3 Å². The molecule has 0 aliphatic rings. The first kappa shape index (κ1) is 16.0. The van der Waals surface area contributed by atoms with Gasteiger partial charge in [-0.3, -0.25) is 0 Å². The van der Waals surface area contributed by atoms with Crippen LogP contribution in [0.4, 0.5) is 0 Å². The van der Waals surface area contributed by atoms with E-state index >= 15 is 0 Å². The van der Waals surface area contributed by atoms with Crippen molar-refractivity contribution in [2.75, 3.05) is 19.6 Å². The summed E-state index contributed by atoms with van der Waals surface area (Å²) in [6.07, 6.45) is 3.68. The number of aryl methyl sites for hydroxylation is 1. The standard InChI is InChI=1S/C15H23N3O2S/c1-3-18(4-2)21(19,20)13-7-8-15-14(10-13)12(11-17-15)6-5-9-16/h7-8,10-11,17H,3-6,9,16H2,1-2H3. The van der Waals surface area contributed by atoms with Crippen molar-refractivity contribution in [3.63, 3.8) is 0 Å². The maximum atomic E-state index is 12.6. The molecule has 116 valence electrons. The molecule has 5 nitrogen and oxygen atoms in total. The molecule has 0 bridgehead atoms. The SMILES string of the molecule is CCN(CC)S(=O)(=O)c1ccc2[nH]cc(CCCN)c2c1. The Hall–Kier alpha value is -1.37. The zero-order valence-electron chi connectivity index (χ0n) is 12.6. The Balaban J connectivity index is 2.46. The van der Waals surface area contributed by atoms with Crippen LogP contribution in [0.25, 0.3) is 10.9 Å². The number of sulfonamides is 1. The van der Waals surface area contributed by atoms with E-state index in [-0.39, 0.29) is 0 Å². The minimum Gasteiger partial charge on any atom is -0.361 e. The number of nitrogens with one attached hydrogen (secondary N) is 1. The van der Waals surface area contributed by atoms with E-state index in [0.717, 1.165) is 29.3 Å². The van der Waals surface area contributed by atoms with Crippen molar-refractivity contribution in [2.45, 2.75) is 31.6 Å². The van der Waals surface area contributed by atoms with Gasteiger partial charge in [-0.15, -0.1) is 0 Å². The molecular formula is C15H23N3O2S. The van der Waals surface area contributed by atoms with Gasteiger partial charge in [-0.25, -0.2) is 8.42 Å². The number of nitrogens with two attached hydrogens (primary N) is 1. The van der Waals surface area contributed by atoms with Crippen LogP contribution < -0.4 is 5.73 Å². The molecule has 21 heavy (non-hydrogen) atoms. The van der Waals surface area contributed by atoms with Crippen molar-refractivity contribution in [1.82, 2.24) is 9.29 Å². The molecule has 0 fully saturated rings. The topological polar surface area (TPSA) is 79.2 Å². The minimum absolute atomic E-state index is 0.354. The van der Waals surface area contributed by atoms with Crippen LogP contribution in [-0.4, -0.2) is 37.3 Å². The molecule has 1 heterocycles. The highest BCUT2D eigenvalue weighted by Crippen LogP contribution is 2.25. The van der Waals surface area contributed by atoms with Crippen molar-refractivity contribution in [2.24, 2.45) is 5.73 Å². The molecule has 3 N–H and O–H groups in total. The predicted octanol–water partition coefficient (Wildman–Crippen LogP) is 2.09. The number of nitrogens with zero attached hydrogens (tertiary/aromatic N) is 1. The third-order valence-electron chi connectivity index (χ3n) is 3.73. The second-order valence-electron chi connectivity index (χ2n) is 5.00.